The zero-order valence-electron chi connectivity index (χ0n) is 8.42. The van der Waals surface area contributed by atoms with Crippen LogP contribution >= 0.6 is 0 Å². The summed E-state index contributed by atoms with van der Waals surface area (Å²) in [6.45, 7) is 3.73. The van der Waals surface area contributed by atoms with Crippen molar-refractivity contribution in [3.63, 3.8) is 0 Å². The zero-order chi connectivity index (χ0) is 9.80. The van der Waals surface area contributed by atoms with Crippen LogP contribution in [0, 0.1) is 5.92 Å². The van der Waals surface area contributed by atoms with Crippen LogP contribution in [0.4, 0.5) is 0 Å². The fourth-order valence-corrected chi connectivity index (χ4v) is 2.04. The van der Waals surface area contributed by atoms with E-state index in [1.807, 2.05) is 0 Å². The van der Waals surface area contributed by atoms with Crippen molar-refractivity contribution >= 4 is 5.91 Å². The SMILES string of the molecule is O=C1CCC(CNCC2CCOC2)N1. The number of carbonyl (C=O) groups excluding carboxylic acids is 1. The summed E-state index contributed by atoms with van der Waals surface area (Å²) in [4.78, 5) is 10.9. The first kappa shape index (κ1) is 9.93. The van der Waals surface area contributed by atoms with Gasteiger partial charge in [-0.3, -0.25) is 4.79 Å². The molecule has 0 saturated carbocycles. The monoisotopic (exact) mass is 198 g/mol. The van der Waals surface area contributed by atoms with E-state index in [0.29, 0.717) is 18.4 Å². The first-order valence-electron chi connectivity index (χ1n) is 5.42. The van der Waals surface area contributed by atoms with Gasteiger partial charge in [0.1, 0.15) is 0 Å². The molecule has 14 heavy (non-hydrogen) atoms. The van der Waals surface area contributed by atoms with Crippen LogP contribution in [0.3, 0.4) is 0 Å². The van der Waals surface area contributed by atoms with E-state index in [2.05, 4.69) is 10.6 Å². The molecule has 0 aliphatic carbocycles. The number of rotatable bonds is 4. The van der Waals surface area contributed by atoms with Gasteiger partial charge in [0.2, 0.25) is 5.91 Å². The lowest BCUT2D eigenvalue weighted by atomic mass is 10.1. The van der Waals surface area contributed by atoms with Gasteiger partial charge in [-0.05, 0) is 18.8 Å². The second-order valence-electron chi connectivity index (χ2n) is 4.19. The molecule has 2 heterocycles. The average Bonchev–Trinajstić information content (AvgIpc) is 2.77. The highest BCUT2D eigenvalue weighted by molar-refractivity contribution is 5.78. The van der Waals surface area contributed by atoms with Crippen LogP contribution in [0.2, 0.25) is 0 Å². The van der Waals surface area contributed by atoms with E-state index in [4.69, 9.17) is 4.74 Å². The largest absolute Gasteiger partial charge is 0.381 e. The Hall–Kier alpha value is -0.610. The molecule has 0 aromatic carbocycles. The molecule has 2 saturated heterocycles. The second kappa shape index (κ2) is 4.75. The van der Waals surface area contributed by atoms with E-state index in [1.54, 1.807) is 0 Å². The summed E-state index contributed by atoms with van der Waals surface area (Å²) < 4.78 is 5.29. The average molecular weight is 198 g/mol. The van der Waals surface area contributed by atoms with Gasteiger partial charge in [0.15, 0.2) is 0 Å². The maximum atomic E-state index is 10.9. The fraction of sp³-hybridized carbons (Fsp3) is 0.900. The highest BCUT2D eigenvalue weighted by Gasteiger charge is 2.21. The molecule has 2 atom stereocenters. The van der Waals surface area contributed by atoms with Crippen molar-refractivity contribution in [3.8, 4) is 0 Å². The topological polar surface area (TPSA) is 50.4 Å². The number of hydrogen-bond acceptors (Lipinski definition) is 3. The molecule has 4 nitrogen and oxygen atoms in total. The summed E-state index contributed by atoms with van der Waals surface area (Å²) in [7, 11) is 0. The molecular formula is C10H18N2O2. The van der Waals surface area contributed by atoms with Gasteiger partial charge in [-0.15, -0.1) is 0 Å². The number of carbonyl (C=O) groups is 1. The van der Waals surface area contributed by atoms with Crippen molar-refractivity contribution in [2.45, 2.75) is 25.3 Å². The van der Waals surface area contributed by atoms with Gasteiger partial charge in [-0.2, -0.15) is 0 Å². The minimum absolute atomic E-state index is 0.195. The summed E-state index contributed by atoms with van der Waals surface area (Å²) in [5.41, 5.74) is 0. The Balaban J connectivity index is 1.56. The predicted octanol–water partition coefficient (Wildman–Crippen LogP) is -0.109. The number of hydrogen-bond donors (Lipinski definition) is 2. The van der Waals surface area contributed by atoms with Crippen LogP contribution in [0.1, 0.15) is 19.3 Å². The van der Waals surface area contributed by atoms with E-state index in [0.717, 1.165) is 32.7 Å². The quantitative estimate of drug-likeness (QED) is 0.663. The summed E-state index contributed by atoms with van der Waals surface area (Å²) in [6.07, 6.45) is 2.84. The van der Waals surface area contributed by atoms with Crippen LogP contribution < -0.4 is 10.6 Å². The summed E-state index contributed by atoms with van der Waals surface area (Å²) in [6, 6.07) is 0.352. The van der Waals surface area contributed by atoms with E-state index in [9.17, 15) is 4.79 Å². The summed E-state index contributed by atoms with van der Waals surface area (Å²) in [5, 5.41) is 6.34. The van der Waals surface area contributed by atoms with Crippen molar-refractivity contribution in [2.24, 2.45) is 5.92 Å². The Morgan fingerprint density at radius 3 is 3.00 bits per heavy atom. The second-order valence-corrected chi connectivity index (χ2v) is 4.19. The lowest BCUT2D eigenvalue weighted by Crippen LogP contribution is -2.37. The third-order valence-electron chi connectivity index (χ3n) is 2.93. The molecule has 4 heteroatoms. The first-order valence-corrected chi connectivity index (χ1v) is 5.42. The highest BCUT2D eigenvalue weighted by Crippen LogP contribution is 2.11. The predicted molar refractivity (Wildman–Crippen MR) is 53.0 cm³/mol. The molecule has 2 unspecified atom stereocenters. The Morgan fingerprint density at radius 2 is 2.36 bits per heavy atom. The van der Waals surface area contributed by atoms with Gasteiger partial charge in [0.05, 0.1) is 6.61 Å². The van der Waals surface area contributed by atoms with E-state index in [1.165, 1.54) is 6.42 Å². The summed E-state index contributed by atoms with van der Waals surface area (Å²) >= 11 is 0. The Morgan fingerprint density at radius 1 is 1.43 bits per heavy atom. The lowest BCUT2D eigenvalue weighted by molar-refractivity contribution is -0.119. The highest BCUT2D eigenvalue weighted by atomic mass is 16.5. The van der Waals surface area contributed by atoms with Crippen LogP contribution in [0.15, 0.2) is 0 Å². The Kier molecular flexibility index (Phi) is 3.37. The van der Waals surface area contributed by atoms with Gasteiger partial charge in [0, 0.05) is 32.2 Å². The van der Waals surface area contributed by atoms with E-state index >= 15 is 0 Å². The molecular weight excluding hydrogens is 180 g/mol. The van der Waals surface area contributed by atoms with Crippen LogP contribution in [-0.4, -0.2) is 38.3 Å². The number of ether oxygens (including phenoxy) is 1. The smallest absolute Gasteiger partial charge is 0.220 e. The Labute approximate surface area is 84.4 Å². The third-order valence-corrected chi connectivity index (χ3v) is 2.93. The van der Waals surface area contributed by atoms with Crippen molar-refractivity contribution in [1.29, 1.82) is 0 Å². The number of amides is 1. The zero-order valence-corrected chi connectivity index (χ0v) is 8.42. The number of nitrogens with one attached hydrogen (secondary N) is 2. The van der Waals surface area contributed by atoms with Gasteiger partial charge >= 0.3 is 0 Å². The van der Waals surface area contributed by atoms with Gasteiger partial charge in [-0.25, -0.2) is 0 Å². The molecule has 2 N–H and O–H groups in total. The molecule has 0 radical (unpaired) electrons. The molecule has 2 fully saturated rings. The Bertz CT molecular complexity index is 202. The standard InChI is InChI=1S/C10H18N2O2/c13-10-2-1-9(12-10)6-11-5-8-3-4-14-7-8/h8-9,11H,1-7H2,(H,12,13). The van der Waals surface area contributed by atoms with Crippen molar-refractivity contribution in [1.82, 2.24) is 10.6 Å². The molecule has 0 spiro atoms. The van der Waals surface area contributed by atoms with Gasteiger partial charge < -0.3 is 15.4 Å². The van der Waals surface area contributed by atoms with Crippen LogP contribution in [0.5, 0.6) is 0 Å². The molecule has 2 rings (SSSR count). The molecule has 0 aromatic heterocycles. The maximum absolute atomic E-state index is 10.9. The first-order chi connectivity index (χ1) is 6.84. The minimum Gasteiger partial charge on any atom is -0.381 e. The van der Waals surface area contributed by atoms with Crippen molar-refractivity contribution in [2.75, 3.05) is 26.3 Å². The maximum Gasteiger partial charge on any atom is 0.220 e. The molecule has 1 amide bonds. The molecule has 2 aliphatic rings. The van der Waals surface area contributed by atoms with Crippen LogP contribution in [-0.2, 0) is 9.53 Å². The van der Waals surface area contributed by atoms with Crippen LogP contribution in [0.25, 0.3) is 0 Å². The van der Waals surface area contributed by atoms with Crippen molar-refractivity contribution < 1.29 is 9.53 Å². The van der Waals surface area contributed by atoms with Crippen molar-refractivity contribution in [3.05, 3.63) is 0 Å². The fourth-order valence-electron chi connectivity index (χ4n) is 2.04. The van der Waals surface area contributed by atoms with Gasteiger partial charge in [-0.1, -0.05) is 0 Å². The van der Waals surface area contributed by atoms with E-state index in [-0.39, 0.29) is 5.91 Å². The normalized spacial score (nSPS) is 32.1. The molecule has 80 valence electrons. The third kappa shape index (κ3) is 2.69. The summed E-state index contributed by atoms with van der Waals surface area (Å²) in [5.74, 6) is 0.869. The molecule has 0 bridgehead atoms. The minimum atomic E-state index is 0.195. The van der Waals surface area contributed by atoms with Gasteiger partial charge in [0.25, 0.3) is 0 Å². The molecule has 2 aliphatic heterocycles. The lowest BCUT2D eigenvalue weighted by Gasteiger charge is -2.13. The molecule has 0 aromatic rings. The van der Waals surface area contributed by atoms with E-state index < -0.39 is 0 Å².